The molecule has 0 radical (unpaired) electrons. The zero-order valence-electron chi connectivity index (χ0n) is 20.5. The van der Waals surface area contributed by atoms with Crippen LogP contribution < -0.4 is 0 Å². The van der Waals surface area contributed by atoms with Crippen LogP contribution in [-0.4, -0.2) is 33.6 Å². The molecule has 3 heteroatoms. The highest BCUT2D eigenvalue weighted by atomic mass is 16.3. The van der Waals surface area contributed by atoms with Crippen molar-refractivity contribution in [2.75, 3.05) is 0 Å². The molecule has 3 N–H and O–H groups in total. The van der Waals surface area contributed by atoms with Crippen molar-refractivity contribution in [3.8, 4) is 0 Å². The van der Waals surface area contributed by atoms with Crippen LogP contribution in [0.1, 0.15) is 86.0 Å². The summed E-state index contributed by atoms with van der Waals surface area (Å²) in [5, 5.41) is 32.9. The molecule has 31 heavy (non-hydrogen) atoms. The molecule has 3 saturated carbocycles. The highest BCUT2D eigenvalue weighted by molar-refractivity contribution is 5.28. The lowest BCUT2D eigenvalue weighted by molar-refractivity contribution is -0.159. The van der Waals surface area contributed by atoms with Crippen molar-refractivity contribution in [3.05, 3.63) is 23.8 Å². The van der Waals surface area contributed by atoms with Gasteiger partial charge in [-0.3, -0.25) is 0 Å². The summed E-state index contributed by atoms with van der Waals surface area (Å²) in [5.74, 6) is 3.04. The van der Waals surface area contributed by atoms with Crippen molar-refractivity contribution in [2.24, 2.45) is 46.3 Å². The van der Waals surface area contributed by atoms with Gasteiger partial charge in [0.15, 0.2) is 0 Å². The normalized spacial score (nSPS) is 47.9. The van der Waals surface area contributed by atoms with E-state index in [9.17, 15) is 15.3 Å². The Morgan fingerprint density at radius 2 is 1.87 bits per heavy atom. The molecular formula is C28H46O3. The zero-order chi connectivity index (χ0) is 22.7. The third kappa shape index (κ3) is 3.67. The lowest BCUT2D eigenvalue weighted by Gasteiger charge is -2.61. The van der Waals surface area contributed by atoms with Gasteiger partial charge in [0, 0.05) is 11.8 Å². The number of hydrogen-bond donors (Lipinski definition) is 3. The van der Waals surface area contributed by atoms with Crippen molar-refractivity contribution in [1.82, 2.24) is 0 Å². The molecule has 0 saturated heterocycles. The molecule has 3 fully saturated rings. The average Bonchev–Trinajstić information content (AvgIpc) is 3.03. The van der Waals surface area contributed by atoms with Gasteiger partial charge in [-0.15, -0.1) is 0 Å². The maximum atomic E-state index is 11.6. The number of rotatable bonds is 5. The highest BCUT2D eigenvalue weighted by Crippen LogP contribution is 2.67. The Kier molecular flexibility index (Phi) is 6.29. The van der Waals surface area contributed by atoms with Gasteiger partial charge in [-0.2, -0.15) is 0 Å². The second-order valence-electron chi connectivity index (χ2n) is 12.4. The molecule has 0 unspecified atom stereocenters. The van der Waals surface area contributed by atoms with Crippen LogP contribution >= 0.6 is 0 Å². The van der Waals surface area contributed by atoms with Crippen LogP contribution in [0.4, 0.5) is 0 Å². The van der Waals surface area contributed by atoms with Gasteiger partial charge in [0.1, 0.15) is 0 Å². The van der Waals surface area contributed by atoms with E-state index in [-0.39, 0.29) is 22.9 Å². The Labute approximate surface area is 190 Å². The summed E-state index contributed by atoms with van der Waals surface area (Å²) in [6.07, 6.45) is 8.73. The monoisotopic (exact) mass is 430 g/mol. The van der Waals surface area contributed by atoms with Crippen LogP contribution in [0.15, 0.2) is 23.8 Å². The molecule has 0 aromatic heterocycles. The molecule has 4 rings (SSSR count). The molecule has 4 aliphatic carbocycles. The predicted octanol–water partition coefficient (Wildman–Crippen LogP) is 5.50. The van der Waals surface area contributed by atoms with Crippen molar-refractivity contribution in [1.29, 1.82) is 0 Å². The Bertz CT molecular complexity index is 726. The molecule has 4 aliphatic rings. The van der Waals surface area contributed by atoms with E-state index in [0.717, 1.165) is 19.3 Å². The van der Waals surface area contributed by atoms with E-state index in [4.69, 9.17) is 0 Å². The van der Waals surface area contributed by atoms with Gasteiger partial charge in [0.2, 0.25) is 0 Å². The number of fused-ring (bicyclic) bond motifs is 5. The van der Waals surface area contributed by atoms with Crippen LogP contribution in [0.2, 0.25) is 0 Å². The fraction of sp³-hybridized carbons (Fsp3) is 0.857. The maximum absolute atomic E-state index is 11.6. The second kappa shape index (κ2) is 8.29. The average molecular weight is 431 g/mol. The second-order valence-corrected chi connectivity index (χ2v) is 12.4. The SMILES string of the molecule is C=C(CC[C@@H](C)[C@H]1CC[C@H]2[C@@H]3CC=C4C[C@@H](O)C[C@H](O)[C@]4(C)[C@H]3[C@H](O)C[C@]12C)C(C)C. The van der Waals surface area contributed by atoms with Gasteiger partial charge in [-0.25, -0.2) is 0 Å². The Morgan fingerprint density at radius 1 is 1.16 bits per heavy atom. The van der Waals surface area contributed by atoms with Gasteiger partial charge >= 0.3 is 0 Å². The quantitative estimate of drug-likeness (QED) is 0.505. The molecule has 0 bridgehead atoms. The summed E-state index contributed by atoms with van der Waals surface area (Å²) in [6.45, 7) is 15.8. The molecule has 0 spiro atoms. The van der Waals surface area contributed by atoms with Gasteiger partial charge in [-0.05, 0) is 85.9 Å². The summed E-state index contributed by atoms with van der Waals surface area (Å²) in [7, 11) is 0. The first-order chi connectivity index (χ1) is 14.5. The molecule has 0 aromatic carbocycles. The summed E-state index contributed by atoms with van der Waals surface area (Å²) >= 11 is 0. The summed E-state index contributed by atoms with van der Waals surface area (Å²) in [5.41, 5.74) is 2.35. The predicted molar refractivity (Wildman–Crippen MR) is 126 cm³/mol. The van der Waals surface area contributed by atoms with Crippen molar-refractivity contribution in [3.63, 3.8) is 0 Å². The van der Waals surface area contributed by atoms with E-state index >= 15 is 0 Å². The summed E-state index contributed by atoms with van der Waals surface area (Å²) in [4.78, 5) is 0. The van der Waals surface area contributed by atoms with Crippen molar-refractivity contribution < 1.29 is 15.3 Å². The third-order valence-corrected chi connectivity index (χ3v) is 10.6. The Balaban J connectivity index is 1.57. The minimum atomic E-state index is -0.563. The molecule has 0 aromatic rings. The van der Waals surface area contributed by atoms with Crippen LogP contribution in [-0.2, 0) is 0 Å². The Hall–Kier alpha value is -0.640. The molecule has 0 heterocycles. The molecule has 176 valence electrons. The van der Waals surface area contributed by atoms with Crippen LogP contribution in [0, 0.1) is 46.3 Å². The number of aliphatic hydroxyl groups excluding tert-OH is 3. The van der Waals surface area contributed by atoms with E-state index in [1.807, 2.05) is 0 Å². The zero-order valence-corrected chi connectivity index (χ0v) is 20.5. The first-order valence-electron chi connectivity index (χ1n) is 12.9. The summed E-state index contributed by atoms with van der Waals surface area (Å²) in [6, 6.07) is 0. The highest BCUT2D eigenvalue weighted by Gasteiger charge is 2.63. The fourth-order valence-electron chi connectivity index (χ4n) is 8.70. The number of allylic oxidation sites excluding steroid dienone is 2. The maximum Gasteiger partial charge on any atom is 0.0659 e. The molecule has 3 nitrogen and oxygen atoms in total. The lowest BCUT2D eigenvalue weighted by Crippen LogP contribution is -2.60. The Morgan fingerprint density at radius 3 is 2.55 bits per heavy atom. The minimum absolute atomic E-state index is 0.114. The largest absolute Gasteiger partial charge is 0.393 e. The van der Waals surface area contributed by atoms with Crippen LogP contribution in [0.25, 0.3) is 0 Å². The van der Waals surface area contributed by atoms with Gasteiger partial charge in [0.25, 0.3) is 0 Å². The van der Waals surface area contributed by atoms with Crippen molar-refractivity contribution in [2.45, 2.75) is 104 Å². The smallest absolute Gasteiger partial charge is 0.0659 e. The lowest BCUT2D eigenvalue weighted by atomic mass is 9.45. The van der Waals surface area contributed by atoms with Crippen LogP contribution in [0.5, 0.6) is 0 Å². The molecule has 0 amide bonds. The van der Waals surface area contributed by atoms with E-state index in [2.05, 4.69) is 47.3 Å². The first-order valence-corrected chi connectivity index (χ1v) is 12.9. The van der Waals surface area contributed by atoms with E-state index < -0.39 is 12.2 Å². The van der Waals surface area contributed by atoms with Gasteiger partial charge in [0.05, 0.1) is 18.3 Å². The molecule has 0 aliphatic heterocycles. The van der Waals surface area contributed by atoms with Gasteiger partial charge < -0.3 is 15.3 Å². The van der Waals surface area contributed by atoms with E-state index in [1.54, 1.807) is 0 Å². The van der Waals surface area contributed by atoms with Gasteiger partial charge in [-0.1, -0.05) is 58.4 Å². The third-order valence-electron chi connectivity index (χ3n) is 10.6. The minimum Gasteiger partial charge on any atom is -0.393 e. The molecular weight excluding hydrogens is 384 g/mol. The first kappa shape index (κ1) is 23.5. The van der Waals surface area contributed by atoms with E-state index in [0.29, 0.717) is 42.4 Å². The number of aliphatic hydroxyl groups is 3. The topological polar surface area (TPSA) is 60.7 Å². The number of hydrogen-bond acceptors (Lipinski definition) is 3. The van der Waals surface area contributed by atoms with Crippen LogP contribution in [0.3, 0.4) is 0 Å². The summed E-state index contributed by atoms with van der Waals surface area (Å²) < 4.78 is 0. The standard InChI is InChI=1S/C28H46O3/c1-16(2)17(3)7-8-18(4)22-11-12-23-21-10-9-19-13-20(29)14-25(31)28(19,6)26(21)24(30)15-27(22,23)5/h9,16,18,20-26,29-31H,3,7-8,10-15H2,1-2,4-6H3/t18-,20-,21+,22-,23+,24-,25+,26-,27-,28-/m1/s1. The van der Waals surface area contributed by atoms with E-state index in [1.165, 1.54) is 30.4 Å². The fourth-order valence-corrected chi connectivity index (χ4v) is 8.70. The van der Waals surface area contributed by atoms with Crippen molar-refractivity contribution >= 4 is 0 Å². The molecule has 10 atom stereocenters.